The highest BCUT2D eigenvalue weighted by molar-refractivity contribution is 9.10. The van der Waals surface area contributed by atoms with Gasteiger partial charge in [0.05, 0.1) is 0 Å². The zero-order valence-corrected chi connectivity index (χ0v) is 9.83. The first-order chi connectivity index (χ1) is 7.25. The molecule has 4 nitrogen and oxygen atoms in total. The molecule has 1 aromatic heterocycles. The van der Waals surface area contributed by atoms with Crippen molar-refractivity contribution in [3.05, 3.63) is 22.8 Å². The van der Waals surface area contributed by atoms with E-state index in [2.05, 4.69) is 31.1 Å². The highest BCUT2D eigenvalue weighted by Gasteiger charge is 2.14. The number of carbonyl (C=O) groups excluding carboxylic acids is 1. The summed E-state index contributed by atoms with van der Waals surface area (Å²) in [7, 11) is 0. The summed E-state index contributed by atoms with van der Waals surface area (Å²) in [6.45, 7) is 2.25. The Kier molecular flexibility index (Phi) is 3.20. The van der Waals surface area contributed by atoms with E-state index in [1.807, 2.05) is 12.1 Å². The number of amides is 1. The predicted octanol–water partition coefficient (Wildman–Crippen LogP) is 1.17. The third-order valence-electron chi connectivity index (χ3n) is 2.35. The minimum Gasteiger partial charge on any atom is -0.354 e. The van der Waals surface area contributed by atoms with Crippen LogP contribution in [0, 0.1) is 0 Å². The van der Waals surface area contributed by atoms with Gasteiger partial charge < -0.3 is 10.2 Å². The molecule has 1 N–H and O–H groups in total. The molecule has 0 saturated carbocycles. The number of anilines is 1. The summed E-state index contributed by atoms with van der Waals surface area (Å²) in [5.41, 5.74) is 0. The molecular weight excluding hydrogens is 258 g/mol. The number of rotatable bonds is 1. The van der Waals surface area contributed by atoms with Crippen LogP contribution in [0.2, 0.25) is 0 Å². The van der Waals surface area contributed by atoms with Crippen molar-refractivity contribution in [1.82, 2.24) is 10.3 Å². The zero-order chi connectivity index (χ0) is 10.7. The minimum atomic E-state index is 0.120. The van der Waals surface area contributed by atoms with E-state index in [1.165, 1.54) is 0 Å². The summed E-state index contributed by atoms with van der Waals surface area (Å²) in [5, 5.41) is 2.84. The molecule has 1 saturated heterocycles. The number of halogens is 1. The molecule has 1 fully saturated rings. The van der Waals surface area contributed by atoms with Gasteiger partial charge in [-0.2, -0.15) is 0 Å². The van der Waals surface area contributed by atoms with E-state index in [0.717, 1.165) is 23.4 Å². The summed E-state index contributed by atoms with van der Waals surface area (Å²) in [4.78, 5) is 17.6. The molecule has 0 aliphatic carbocycles. The first-order valence-corrected chi connectivity index (χ1v) is 5.68. The van der Waals surface area contributed by atoms with Gasteiger partial charge in [0.2, 0.25) is 5.91 Å². The van der Waals surface area contributed by atoms with Crippen LogP contribution in [0.5, 0.6) is 0 Å². The first kappa shape index (κ1) is 10.4. The van der Waals surface area contributed by atoms with Gasteiger partial charge in [0.25, 0.3) is 0 Å². The van der Waals surface area contributed by atoms with Crippen molar-refractivity contribution in [3.63, 3.8) is 0 Å². The van der Waals surface area contributed by atoms with Crippen LogP contribution < -0.4 is 10.2 Å². The number of nitrogens with zero attached hydrogens (tertiary/aromatic N) is 2. The first-order valence-electron chi connectivity index (χ1n) is 4.89. The van der Waals surface area contributed by atoms with Crippen molar-refractivity contribution < 1.29 is 4.79 Å². The molecule has 5 heteroatoms. The maximum atomic E-state index is 11.1. The molecular formula is C10H12BrN3O. The van der Waals surface area contributed by atoms with Gasteiger partial charge in [-0.15, -0.1) is 0 Å². The van der Waals surface area contributed by atoms with Crippen LogP contribution in [-0.2, 0) is 4.79 Å². The lowest BCUT2D eigenvalue weighted by Gasteiger charge is -2.20. The van der Waals surface area contributed by atoms with E-state index in [0.29, 0.717) is 13.0 Å². The maximum absolute atomic E-state index is 11.1. The van der Waals surface area contributed by atoms with Crippen molar-refractivity contribution >= 4 is 27.7 Å². The summed E-state index contributed by atoms with van der Waals surface area (Å²) in [5.74, 6) is 1.05. The molecule has 1 aliphatic heterocycles. The lowest BCUT2D eigenvalue weighted by atomic mass is 10.3. The molecule has 2 rings (SSSR count). The smallest absolute Gasteiger partial charge is 0.221 e. The van der Waals surface area contributed by atoms with Crippen LogP contribution in [-0.4, -0.2) is 30.5 Å². The van der Waals surface area contributed by atoms with E-state index in [9.17, 15) is 4.79 Å². The Balaban J connectivity index is 2.09. The maximum Gasteiger partial charge on any atom is 0.221 e. The summed E-state index contributed by atoms with van der Waals surface area (Å²) in [6.07, 6.45) is 2.31. The molecule has 0 aromatic carbocycles. The van der Waals surface area contributed by atoms with Gasteiger partial charge >= 0.3 is 0 Å². The van der Waals surface area contributed by atoms with Crippen LogP contribution in [0.3, 0.4) is 0 Å². The second-order valence-electron chi connectivity index (χ2n) is 3.42. The monoisotopic (exact) mass is 269 g/mol. The third kappa shape index (κ3) is 2.68. The Labute approximate surface area is 96.8 Å². The lowest BCUT2D eigenvalue weighted by Crippen LogP contribution is -2.28. The van der Waals surface area contributed by atoms with E-state index in [-0.39, 0.29) is 5.91 Å². The Morgan fingerprint density at radius 2 is 2.27 bits per heavy atom. The lowest BCUT2D eigenvalue weighted by molar-refractivity contribution is -0.120. The second kappa shape index (κ2) is 4.61. The van der Waals surface area contributed by atoms with Crippen LogP contribution in [0.25, 0.3) is 0 Å². The van der Waals surface area contributed by atoms with Crippen LogP contribution in [0.15, 0.2) is 22.8 Å². The SMILES string of the molecule is O=C1CCN(c2ccc(Br)cn2)CCN1. The standard InChI is InChI=1S/C10H12BrN3O/c11-8-1-2-9(13-7-8)14-5-3-10(15)12-4-6-14/h1-2,7H,3-6H2,(H,12,15). The highest BCUT2D eigenvalue weighted by atomic mass is 79.9. The second-order valence-corrected chi connectivity index (χ2v) is 4.34. The highest BCUT2D eigenvalue weighted by Crippen LogP contribution is 2.15. The number of carbonyl (C=O) groups is 1. The van der Waals surface area contributed by atoms with Crippen molar-refractivity contribution in [2.45, 2.75) is 6.42 Å². The Hall–Kier alpha value is -1.10. The van der Waals surface area contributed by atoms with Crippen LogP contribution >= 0.6 is 15.9 Å². The average molecular weight is 270 g/mol. The minimum absolute atomic E-state index is 0.120. The fraction of sp³-hybridized carbons (Fsp3) is 0.400. The van der Waals surface area contributed by atoms with Gasteiger partial charge in [-0.1, -0.05) is 0 Å². The van der Waals surface area contributed by atoms with E-state index in [4.69, 9.17) is 0 Å². The molecule has 1 amide bonds. The van der Waals surface area contributed by atoms with Crippen molar-refractivity contribution in [1.29, 1.82) is 0 Å². The summed E-state index contributed by atoms with van der Waals surface area (Å²) >= 11 is 3.35. The molecule has 0 atom stereocenters. The zero-order valence-electron chi connectivity index (χ0n) is 8.24. The Morgan fingerprint density at radius 1 is 1.40 bits per heavy atom. The Morgan fingerprint density at radius 3 is 3.00 bits per heavy atom. The number of hydrogen-bond donors (Lipinski definition) is 1. The molecule has 15 heavy (non-hydrogen) atoms. The fourth-order valence-electron chi connectivity index (χ4n) is 1.55. The number of aromatic nitrogens is 1. The third-order valence-corrected chi connectivity index (χ3v) is 2.82. The molecule has 0 bridgehead atoms. The Bertz CT molecular complexity index is 352. The summed E-state index contributed by atoms with van der Waals surface area (Å²) < 4.78 is 0.968. The average Bonchev–Trinajstić information content (AvgIpc) is 2.44. The van der Waals surface area contributed by atoms with Crippen molar-refractivity contribution in [2.24, 2.45) is 0 Å². The van der Waals surface area contributed by atoms with Crippen LogP contribution in [0.4, 0.5) is 5.82 Å². The van der Waals surface area contributed by atoms with E-state index in [1.54, 1.807) is 6.20 Å². The topological polar surface area (TPSA) is 45.2 Å². The quantitative estimate of drug-likeness (QED) is 0.833. The number of hydrogen-bond acceptors (Lipinski definition) is 3. The largest absolute Gasteiger partial charge is 0.354 e. The molecule has 0 unspecified atom stereocenters. The predicted molar refractivity (Wildman–Crippen MR) is 61.8 cm³/mol. The van der Waals surface area contributed by atoms with Gasteiger partial charge in [0, 0.05) is 36.7 Å². The normalized spacial score (nSPS) is 17.1. The van der Waals surface area contributed by atoms with Gasteiger partial charge in [0.15, 0.2) is 0 Å². The molecule has 2 heterocycles. The van der Waals surface area contributed by atoms with Crippen molar-refractivity contribution in [3.8, 4) is 0 Å². The molecule has 1 aliphatic rings. The van der Waals surface area contributed by atoms with Gasteiger partial charge in [0.1, 0.15) is 5.82 Å². The van der Waals surface area contributed by atoms with Gasteiger partial charge in [-0.05, 0) is 28.1 Å². The molecule has 80 valence electrons. The molecule has 0 radical (unpaired) electrons. The molecule has 0 spiro atoms. The number of nitrogens with one attached hydrogen (secondary N) is 1. The number of pyridine rings is 1. The van der Waals surface area contributed by atoms with Crippen molar-refractivity contribution in [2.75, 3.05) is 24.5 Å². The van der Waals surface area contributed by atoms with Gasteiger partial charge in [-0.25, -0.2) is 4.98 Å². The fourth-order valence-corrected chi connectivity index (χ4v) is 1.79. The van der Waals surface area contributed by atoms with E-state index >= 15 is 0 Å². The molecule has 1 aromatic rings. The summed E-state index contributed by atoms with van der Waals surface area (Å²) in [6, 6.07) is 3.92. The van der Waals surface area contributed by atoms with Crippen LogP contribution in [0.1, 0.15) is 6.42 Å². The van der Waals surface area contributed by atoms with E-state index < -0.39 is 0 Å². The van der Waals surface area contributed by atoms with Gasteiger partial charge in [-0.3, -0.25) is 4.79 Å².